The molecule has 4 rings (SSSR count). The minimum Gasteiger partial charge on any atom is -0.464 e. The molecule has 0 fully saturated rings. The standard InChI is InChI=1S/C25H24N4O5/c1-2-33-15-13-27-24(30)28-14-11-18-16-20(8-9-22(18)28)34-21-10-12-26-23(17-21)29(25(31)32)19-6-4-3-5-7-19/h3-12,14,16-17H,2,13,15H2,1H3,(H,27,30)(H,31,32). The average Bonchev–Trinajstić information content (AvgIpc) is 3.26. The van der Waals surface area contributed by atoms with Gasteiger partial charge in [-0.15, -0.1) is 0 Å². The zero-order valence-corrected chi connectivity index (χ0v) is 18.5. The number of rotatable bonds is 8. The molecule has 0 atom stereocenters. The summed E-state index contributed by atoms with van der Waals surface area (Å²) in [6.07, 6.45) is 2.03. The highest BCUT2D eigenvalue weighted by Gasteiger charge is 2.19. The van der Waals surface area contributed by atoms with Crippen molar-refractivity contribution in [2.75, 3.05) is 24.7 Å². The third kappa shape index (κ3) is 5.16. The number of carbonyl (C=O) groups excluding carboxylic acids is 1. The predicted octanol–water partition coefficient (Wildman–Crippen LogP) is 5.24. The second-order valence-electron chi connectivity index (χ2n) is 7.24. The van der Waals surface area contributed by atoms with Crippen LogP contribution in [0.3, 0.4) is 0 Å². The average molecular weight is 460 g/mol. The van der Waals surface area contributed by atoms with E-state index >= 15 is 0 Å². The molecule has 0 saturated heterocycles. The van der Waals surface area contributed by atoms with Gasteiger partial charge >= 0.3 is 12.1 Å². The molecule has 0 radical (unpaired) electrons. The third-order valence-corrected chi connectivity index (χ3v) is 4.99. The van der Waals surface area contributed by atoms with Crippen LogP contribution < -0.4 is 15.0 Å². The quantitative estimate of drug-likeness (QED) is 0.348. The molecular weight excluding hydrogens is 436 g/mol. The van der Waals surface area contributed by atoms with Gasteiger partial charge < -0.3 is 19.9 Å². The molecule has 0 bridgehead atoms. The molecule has 4 aromatic rings. The Morgan fingerprint density at radius 2 is 1.85 bits per heavy atom. The molecule has 0 unspecified atom stereocenters. The van der Waals surface area contributed by atoms with E-state index in [4.69, 9.17) is 9.47 Å². The first-order chi connectivity index (χ1) is 16.6. The normalized spacial score (nSPS) is 10.7. The van der Waals surface area contributed by atoms with Crippen LogP contribution in [-0.2, 0) is 4.74 Å². The molecule has 2 amide bonds. The summed E-state index contributed by atoms with van der Waals surface area (Å²) in [7, 11) is 0. The Morgan fingerprint density at radius 3 is 2.62 bits per heavy atom. The Morgan fingerprint density at radius 1 is 1.06 bits per heavy atom. The van der Waals surface area contributed by atoms with E-state index in [9.17, 15) is 14.7 Å². The van der Waals surface area contributed by atoms with Gasteiger partial charge in [0.15, 0.2) is 0 Å². The summed E-state index contributed by atoms with van der Waals surface area (Å²) in [5.41, 5.74) is 1.21. The lowest BCUT2D eigenvalue weighted by Crippen LogP contribution is -2.30. The van der Waals surface area contributed by atoms with E-state index < -0.39 is 6.09 Å². The SMILES string of the molecule is CCOCCNC(=O)n1ccc2cc(Oc3ccnc(N(C(=O)O)c4ccccc4)c3)ccc21. The van der Waals surface area contributed by atoms with E-state index in [0.717, 1.165) is 15.8 Å². The van der Waals surface area contributed by atoms with Gasteiger partial charge in [-0.05, 0) is 49.4 Å². The molecule has 0 aliphatic carbocycles. The summed E-state index contributed by atoms with van der Waals surface area (Å²) < 4.78 is 12.7. The Hall–Kier alpha value is -4.37. The Kier molecular flexibility index (Phi) is 7.04. The number of nitrogens with zero attached hydrogens (tertiary/aromatic N) is 3. The Balaban J connectivity index is 1.52. The minimum atomic E-state index is -1.15. The Labute approximate surface area is 196 Å². The van der Waals surface area contributed by atoms with Crippen LogP contribution >= 0.6 is 0 Å². The van der Waals surface area contributed by atoms with Crippen molar-refractivity contribution in [3.63, 3.8) is 0 Å². The van der Waals surface area contributed by atoms with Crippen molar-refractivity contribution < 1.29 is 24.2 Å². The summed E-state index contributed by atoms with van der Waals surface area (Å²) in [6.45, 7) is 3.38. The zero-order valence-electron chi connectivity index (χ0n) is 18.5. The number of fused-ring (bicyclic) bond motifs is 1. The van der Waals surface area contributed by atoms with Crippen LogP contribution in [-0.4, -0.2) is 46.5 Å². The zero-order chi connectivity index (χ0) is 23.9. The number of carbonyl (C=O) groups is 2. The molecule has 9 nitrogen and oxygen atoms in total. The first kappa shape index (κ1) is 22.8. The maximum atomic E-state index is 12.4. The van der Waals surface area contributed by atoms with Crippen LogP contribution in [0.1, 0.15) is 6.92 Å². The number of hydrogen-bond donors (Lipinski definition) is 2. The van der Waals surface area contributed by atoms with Gasteiger partial charge in [-0.1, -0.05) is 18.2 Å². The highest BCUT2D eigenvalue weighted by atomic mass is 16.5. The fraction of sp³-hybridized carbons (Fsp3) is 0.160. The number of aromatic nitrogens is 2. The van der Waals surface area contributed by atoms with Gasteiger partial charge in [-0.3, -0.25) is 4.57 Å². The number of ether oxygens (including phenoxy) is 2. The van der Waals surface area contributed by atoms with Gasteiger partial charge in [-0.25, -0.2) is 19.5 Å². The number of anilines is 2. The van der Waals surface area contributed by atoms with E-state index in [1.54, 1.807) is 54.7 Å². The van der Waals surface area contributed by atoms with Crippen LogP contribution in [0.5, 0.6) is 11.5 Å². The number of nitrogens with one attached hydrogen (secondary N) is 1. The lowest BCUT2D eigenvalue weighted by molar-refractivity contribution is 0.149. The molecule has 9 heteroatoms. The van der Waals surface area contributed by atoms with Crippen molar-refractivity contribution in [2.24, 2.45) is 0 Å². The van der Waals surface area contributed by atoms with Gasteiger partial charge in [0.1, 0.15) is 17.3 Å². The second-order valence-corrected chi connectivity index (χ2v) is 7.24. The summed E-state index contributed by atoms with van der Waals surface area (Å²) in [4.78, 5) is 29.6. The van der Waals surface area contributed by atoms with Gasteiger partial charge in [0, 0.05) is 37.0 Å². The lowest BCUT2D eigenvalue weighted by Gasteiger charge is -2.18. The van der Waals surface area contributed by atoms with Gasteiger partial charge in [0.25, 0.3) is 0 Å². The third-order valence-electron chi connectivity index (χ3n) is 4.99. The first-order valence-electron chi connectivity index (χ1n) is 10.8. The summed E-state index contributed by atoms with van der Waals surface area (Å²) >= 11 is 0. The molecule has 174 valence electrons. The summed E-state index contributed by atoms with van der Waals surface area (Å²) in [6, 6.07) is 18.8. The van der Waals surface area contributed by atoms with Crippen molar-refractivity contribution >= 4 is 34.5 Å². The van der Waals surface area contributed by atoms with Crippen molar-refractivity contribution in [2.45, 2.75) is 6.92 Å². The van der Waals surface area contributed by atoms with Crippen molar-refractivity contribution in [3.05, 3.63) is 79.1 Å². The van der Waals surface area contributed by atoms with E-state index in [-0.39, 0.29) is 11.8 Å². The summed E-state index contributed by atoms with van der Waals surface area (Å²) in [5.74, 6) is 1.19. The maximum Gasteiger partial charge on any atom is 0.417 e. The Bertz CT molecular complexity index is 1290. The van der Waals surface area contributed by atoms with Crippen LogP contribution in [0.4, 0.5) is 21.1 Å². The van der Waals surface area contributed by atoms with Gasteiger partial charge in [0.2, 0.25) is 0 Å². The molecule has 2 N–H and O–H groups in total. The van der Waals surface area contributed by atoms with E-state index in [2.05, 4.69) is 10.3 Å². The first-order valence-corrected chi connectivity index (χ1v) is 10.8. The lowest BCUT2D eigenvalue weighted by atomic mass is 10.2. The van der Waals surface area contributed by atoms with E-state index in [1.165, 1.54) is 10.8 Å². The van der Waals surface area contributed by atoms with E-state index in [0.29, 0.717) is 36.9 Å². The molecule has 0 saturated carbocycles. The fourth-order valence-electron chi connectivity index (χ4n) is 3.46. The molecule has 2 aromatic heterocycles. The topological polar surface area (TPSA) is 106 Å². The smallest absolute Gasteiger partial charge is 0.417 e. The highest BCUT2D eigenvalue weighted by Crippen LogP contribution is 2.30. The van der Waals surface area contributed by atoms with Crippen LogP contribution in [0.2, 0.25) is 0 Å². The van der Waals surface area contributed by atoms with Crippen molar-refractivity contribution in [1.29, 1.82) is 0 Å². The number of benzene rings is 2. The summed E-state index contributed by atoms with van der Waals surface area (Å²) in [5, 5.41) is 13.3. The number of para-hydroxylation sites is 1. The molecular formula is C25H24N4O5. The minimum absolute atomic E-state index is 0.215. The van der Waals surface area contributed by atoms with Crippen LogP contribution in [0.25, 0.3) is 10.9 Å². The molecule has 0 aliphatic rings. The maximum absolute atomic E-state index is 12.4. The number of amides is 2. The largest absolute Gasteiger partial charge is 0.464 e. The number of pyridine rings is 1. The molecule has 0 spiro atoms. The van der Waals surface area contributed by atoms with E-state index in [1.807, 2.05) is 25.1 Å². The fourth-order valence-corrected chi connectivity index (χ4v) is 3.46. The molecule has 2 aromatic carbocycles. The molecule has 0 aliphatic heterocycles. The monoisotopic (exact) mass is 460 g/mol. The predicted molar refractivity (Wildman–Crippen MR) is 128 cm³/mol. The number of hydrogen-bond acceptors (Lipinski definition) is 5. The van der Waals surface area contributed by atoms with Crippen LogP contribution in [0, 0.1) is 0 Å². The molecule has 2 heterocycles. The van der Waals surface area contributed by atoms with Gasteiger partial charge in [0.05, 0.1) is 17.8 Å². The molecule has 34 heavy (non-hydrogen) atoms. The highest BCUT2D eigenvalue weighted by molar-refractivity contribution is 5.94. The van der Waals surface area contributed by atoms with Crippen molar-refractivity contribution in [3.8, 4) is 11.5 Å². The van der Waals surface area contributed by atoms with Crippen LogP contribution in [0.15, 0.2) is 79.1 Å². The van der Waals surface area contributed by atoms with Gasteiger partial charge in [-0.2, -0.15) is 0 Å². The number of carboxylic acid groups (broad SMARTS) is 1. The van der Waals surface area contributed by atoms with Crippen molar-refractivity contribution in [1.82, 2.24) is 14.9 Å². The second kappa shape index (κ2) is 10.5.